The standard InChI is InChI=1S/C9H10O5S/c1-14-7-3-6(9(10)11)4-8(5-7)15(2,12)13/h3-5H,1-2H3,(H,10,11). The van der Waals surface area contributed by atoms with Gasteiger partial charge in [-0.2, -0.15) is 0 Å². The molecule has 5 nitrogen and oxygen atoms in total. The second-order valence-corrected chi connectivity index (χ2v) is 4.99. The molecule has 0 unspecified atom stereocenters. The highest BCUT2D eigenvalue weighted by Crippen LogP contribution is 2.20. The van der Waals surface area contributed by atoms with Gasteiger partial charge >= 0.3 is 5.97 Å². The molecule has 0 aliphatic carbocycles. The van der Waals surface area contributed by atoms with Crippen LogP contribution in [0.2, 0.25) is 0 Å². The van der Waals surface area contributed by atoms with Crippen LogP contribution in [0, 0.1) is 0 Å². The van der Waals surface area contributed by atoms with E-state index >= 15 is 0 Å². The Labute approximate surface area is 87.2 Å². The summed E-state index contributed by atoms with van der Waals surface area (Å²) in [6.07, 6.45) is 1.01. The Kier molecular flexibility index (Phi) is 2.99. The summed E-state index contributed by atoms with van der Waals surface area (Å²) in [5.74, 6) is -0.992. The molecule has 0 bridgehead atoms. The summed E-state index contributed by atoms with van der Waals surface area (Å²) in [6, 6.07) is 3.64. The molecular formula is C9H10O5S. The van der Waals surface area contributed by atoms with Crippen molar-refractivity contribution in [3.8, 4) is 5.75 Å². The molecule has 1 aromatic rings. The van der Waals surface area contributed by atoms with Gasteiger partial charge in [0.1, 0.15) is 5.75 Å². The molecule has 0 fully saturated rings. The molecular weight excluding hydrogens is 220 g/mol. The van der Waals surface area contributed by atoms with E-state index in [1.165, 1.54) is 19.2 Å². The number of carbonyl (C=O) groups is 1. The van der Waals surface area contributed by atoms with E-state index in [1.54, 1.807) is 0 Å². The second kappa shape index (κ2) is 3.90. The highest BCUT2D eigenvalue weighted by Gasteiger charge is 2.13. The summed E-state index contributed by atoms with van der Waals surface area (Å²) >= 11 is 0. The van der Waals surface area contributed by atoms with Crippen molar-refractivity contribution in [3.05, 3.63) is 23.8 Å². The first-order valence-corrected chi connectivity index (χ1v) is 5.86. The van der Waals surface area contributed by atoms with E-state index < -0.39 is 15.8 Å². The average molecular weight is 230 g/mol. The van der Waals surface area contributed by atoms with E-state index in [0.717, 1.165) is 12.3 Å². The maximum Gasteiger partial charge on any atom is 0.335 e. The number of sulfone groups is 1. The molecule has 0 spiro atoms. The summed E-state index contributed by atoms with van der Waals surface area (Å²) in [5.41, 5.74) is -0.116. The zero-order chi connectivity index (χ0) is 11.6. The minimum Gasteiger partial charge on any atom is -0.497 e. The maximum absolute atomic E-state index is 11.2. The molecule has 82 valence electrons. The normalized spacial score (nSPS) is 11.1. The highest BCUT2D eigenvalue weighted by atomic mass is 32.2. The number of ether oxygens (including phenoxy) is 1. The molecule has 15 heavy (non-hydrogen) atoms. The van der Waals surface area contributed by atoms with E-state index in [9.17, 15) is 13.2 Å². The van der Waals surface area contributed by atoms with Gasteiger partial charge in [-0.25, -0.2) is 13.2 Å². The van der Waals surface area contributed by atoms with E-state index in [2.05, 4.69) is 0 Å². The van der Waals surface area contributed by atoms with Crippen molar-refractivity contribution in [2.45, 2.75) is 4.90 Å². The lowest BCUT2D eigenvalue weighted by atomic mass is 10.2. The monoisotopic (exact) mass is 230 g/mol. The van der Waals surface area contributed by atoms with Gasteiger partial charge in [-0.05, 0) is 18.2 Å². The van der Waals surface area contributed by atoms with Crippen LogP contribution in [0.1, 0.15) is 10.4 Å². The molecule has 0 saturated heterocycles. The Balaban J connectivity index is 3.43. The van der Waals surface area contributed by atoms with E-state index in [-0.39, 0.29) is 16.2 Å². The summed E-state index contributed by atoms with van der Waals surface area (Å²) < 4.78 is 27.3. The predicted molar refractivity (Wildman–Crippen MR) is 53.1 cm³/mol. The van der Waals surface area contributed by atoms with Gasteiger partial charge in [0.2, 0.25) is 0 Å². The molecule has 0 aliphatic heterocycles. The van der Waals surface area contributed by atoms with Gasteiger partial charge in [0.25, 0.3) is 0 Å². The van der Waals surface area contributed by atoms with Crippen LogP contribution in [0.3, 0.4) is 0 Å². The fraction of sp³-hybridized carbons (Fsp3) is 0.222. The summed E-state index contributed by atoms with van der Waals surface area (Å²) in [4.78, 5) is 10.6. The van der Waals surface area contributed by atoms with Gasteiger partial charge in [-0.3, -0.25) is 0 Å². The summed E-state index contributed by atoms with van der Waals surface area (Å²) in [7, 11) is -2.09. The van der Waals surface area contributed by atoms with Crippen LogP contribution in [0.5, 0.6) is 5.75 Å². The van der Waals surface area contributed by atoms with E-state index in [0.29, 0.717) is 0 Å². The van der Waals surface area contributed by atoms with E-state index in [4.69, 9.17) is 9.84 Å². The molecule has 0 atom stereocenters. The van der Waals surface area contributed by atoms with Gasteiger partial charge < -0.3 is 9.84 Å². The zero-order valence-corrected chi connectivity index (χ0v) is 9.04. The third-order valence-corrected chi connectivity index (χ3v) is 2.88. The molecule has 0 amide bonds. The molecule has 6 heteroatoms. The van der Waals surface area contributed by atoms with Gasteiger partial charge in [-0.15, -0.1) is 0 Å². The number of rotatable bonds is 3. The second-order valence-electron chi connectivity index (χ2n) is 2.97. The Morgan fingerprint density at radius 1 is 1.33 bits per heavy atom. The Bertz CT molecular complexity index is 489. The summed E-state index contributed by atoms with van der Waals surface area (Å²) in [5, 5.41) is 8.74. The first kappa shape index (κ1) is 11.5. The van der Waals surface area contributed by atoms with Crippen molar-refractivity contribution in [3.63, 3.8) is 0 Å². The minimum absolute atomic E-state index is 0.0701. The molecule has 0 heterocycles. The average Bonchev–Trinajstić information content (AvgIpc) is 2.15. The number of carboxylic acids is 1. The molecule has 1 N–H and O–H groups in total. The Morgan fingerprint density at radius 3 is 2.33 bits per heavy atom. The number of hydrogen-bond donors (Lipinski definition) is 1. The fourth-order valence-corrected chi connectivity index (χ4v) is 1.70. The van der Waals surface area contributed by atoms with Crippen molar-refractivity contribution >= 4 is 15.8 Å². The zero-order valence-electron chi connectivity index (χ0n) is 8.22. The molecule has 0 saturated carbocycles. The topological polar surface area (TPSA) is 80.7 Å². The molecule has 0 radical (unpaired) electrons. The molecule has 1 aromatic carbocycles. The number of carboxylic acid groups (broad SMARTS) is 1. The van der Waals surface area contributed by atoms with Crippen molar-refractivity contribution in [1.29, 1.82) is 0 Å². The first-order valence-electron chi connectivity index (χ1n) is 3.97. The van der Waals surface area contributed by atoms with Crippen LogP contribution < -0.4 is 4.74 Å². The number of methoxy groups -OCH3 is 1. The van der Waals surface area contributed by atoms with Gasteiger partial charge in [-0.1, -0.05) is 0 Å². The Hall–Kier alpha value is -1.56. The van der Waals surface area contributed by atoms with Crippen molar-refractivity contribution in [2.24, 2.45) is 0 Å². The van der Waals surface area contributed by atoms with Gasteiger partial charge in [0.05, 0.1) is 17.6 Å². The number of aromatic carboxylic acids is 1. The molecule has 0 aliphatic rings. The quantitative estimate of drug-likeness (QED) is 0.830. The van der Waals surface area contributed by atoms with Crippen molar-refractivity contribution in [1.82, 2.24) is 0 Å². The fourth-order valence-electron chi connectivity index (χ4n) is 1.03. The number of hydrogen-bond acceptors (Lipinski definition) is 4. The molecule has 0 aromatic heterocycles. The van der Waals surface area contributed by atoms with Crippen LogP contribution >= 0.6 is 0 Å². The third-order valence-electron chi connectivity index (χ3n) is 1.79. The largest absolute Gasteiger partial charge is 0.497 e. The lowest BCUT2D eigenvalue weighted by molar-refractivity contribution is 0.0696. The minimum atomic E-state index is -3.43. The van der Waals surface area contributed by atoms with Crippen LogP contribution in [-0.2, 0) is 9.84 Å². The van der Waals surface area contributed by atoms with Gasteiger partial charge in [0, 0.05) is 6.26 Å². The van der Waals surface area contributed by atoms with Crippen LogP contribution in [0.4, 0.5) is 0 Å². The van der Waals surface area contributed by atoms with Crippen LogP contribution in [0.25, 0.3) is 0 Å². The third kappa shape index (κ3) is 2.69. The maximum atomic E-state index is 11.2. The van der Waals surface area contributed by atoms with Crippen molar-refractivity contribution < 1.29 is 23.1 Å². The first-order chi connectivity index (χ1) is 6.84. The smallest absolute Gasteiger partial charge is 0.335 e. The highest BCUT2D eigenvalue weighted by molar-refractivity contribution is 7.90. The lowest BCUT2D eigenvalue weighted by Gasteiger charge is -2.05. The summed E-state index contributed by atoms with van der Waals surface area (Å²) in [6.45, 7) is 0. The van der Waals surface area contributed by atoms with Crippen LogP contribution in [0.15, 0.2) is 23.1 Å². The predicted octanol–water partition coefficient (Wildman–Crippen LogP) is 0.797. The van der Waals surface area contributed by atoms with Crippen LogP contribution in [-0.4, -0.2) is 32.9 Å². The Morgan fingerprint density at radius 2 is 1.93 bits per heavy atom. The lowest BCUT2D eigenvalue weighted by Crippen LogP contribution is -2.03. The van der Waals surface area contributed by atoms with Gasteiger partial charge in [0.15, 0.2) is 9.84 Å². The SMILES string of the molecule is COc1cc(C(=O)O)cc(S(C)(=O)=O)c1. The molecule has 1 rings (SSSR count). The number of benzene rings is 1. The van der Waals surface area contributed by atoms with Crippen molar-refractivity contribution in [2.75, 3.05) is 13.4 Å². The van der Waals surface area contributed by atoms with E-state index in [1.807, 2.05) is 0 Å².